The van der Waals surface area contributed by atoms with Gasteiger partial charge in [0.25, 0.3) is 5.91 Å². The van der Waals surface area contributed by atoms with Gasteiger partial charge in [-0.1, -0.05) is 20.8 Å². The Morgan fingerprint density at radius 2 is 1.60 bits per heavy atom. The minimum Gasteiger partial charge on any atom is -0.478 e. The number of benzene rings is 2. The predicted molar refractivity (Wildman–Crippen MR) is 144 cm³/mol. The summed E-state index contributed by atoms with van der Waals surface area (Å²) < 4.78 is 53.9. The number of hydrogen-bond acceptors (Lipinski definition) is 5. The van der Waals surface area contributed by atoms with Crippen molar-refractivity contribution in [2.24, 2.45) is 5.41 Å². The number of nitrogens with one attached hydrogen (secondary N) is 1. The molecule has 4 rings (SSSR count). The second kappa shape index (κ2) is 10.9. The molecule has 1 atom stereocenters. The summed E-state index contributed by atoms with van der Waals surface area (Å²) in [6.07, 6.45) is -4.30. The quantitative estimate of drug-likeness (QED) is 0.509. The highest BCUT2D eigenvalue weighted by Crippen LogP contribution is 2.39. The number of carboxylic acids is 1. The molecule has 0 radical (unpaired) electrons. The van der Waals surface area contributed by atoms with Crippen molar-refractivity contribution in [3.05, 3.63) is 65.0 Å². The summed E-state index contributed by atoms with van der Waals surface area (Å²) in [5.41, 5.74) is -3.12. The van der Waals surface area contributed by atoms with Gasteiger partial charge in [0.05, 0.1) is 23.4 Å². The SMILES string of the molecule is CN1CN(c2ccc(C(=O)O)cc2)C2(CCN(C(=O)C(NC(=O)c3cc(C(F)(F)F)ccc3F)C(C)(C)C)CC2)C1=O. The first-order valence-corrected chi connectivity index (χ1v) is 13.3. The number of anilines is 1. The van der Waals surface area contributed by atoms with Crippen molar-refractivity contribution in [2.45, 2.75) is 51.4 Å². The van der Waals surface area contributed by atoms with E-state index in [0.29, 0.717) is 23.9 Å². The van der Waals surface area contributed by atoms with E-state index in [2.05, 4.69) is 5.32 Å². The highest BCUT2D eigenvalue weighted by molar-refractivity contribution is 5.98. The summed E-state index contributed by atoms with van der Waals surface area (Å²) in [5, 5.41) is 11.7. The first-order valence-electron chi connectivity index (χ1n) is 13.3. The fraction of sp³-hybridized carbons (Fsp3) is 0.448. The Morgan fingerprint density at radius 1 is 1.00 bits per heavy atom. The zero-order valence-electron chi connectivity index (χ0n) is 23.6. The van der Waals surface area contributed by atoms with Gasteiger partial charge in [-0.15, -0.1) is 0 Å². The molecule has 2 fully saturated rings. The van der Waals surface area contributed by atoms with Gasteiger partial charge in [-0.2, -0.15) is 13.2 Å². The zero-order chi connectivity index (χ0) is 31.2. The molecule has 2 aromatic carbocycles. The summed E-state index contributed by atoms with van der Waals surface area (Å²) in [7, 11) is 1.66. The van der Waals surface area contributed by atoms with Crippen LogP contribution in [0.3, 0.4) is 0 Å². The maximum Gasteiger partial charge on any atom is 0.416 e. The molecule has 0 saturated carbocycles. The van der Waals surface area contributed by atoms with Gasteiger partial charge in [0.15, 0.2) is 0 Å². The van der Waals surface area contributed by atoms with E-state index in [1.807, 2.05) is 4.90 Å². The number of likely N-dealkylation sites (tertiary alicyclic amines) is 1. The van der Waals surface area contributed by atoms with Gasteiger partial charge in [0.2, 0.25) is 11.8 Å². The number of nitrogens with zero attached hydrogens (tertiary/aromatic N) is 3. The second-order valence-electron chi connectivity index (χ2n) is 11.7. The second-order valence-corrected chi connectivity index (χ2v) is 11.7. The normalized spacial score (nSPS) is 17.9. The first kappa shape index (κ1) is 30.8. The highest BCUT2D eigenvalue weighted by Gasteiger charge is 2.53. The van der Waals surface area contributed by atoms with Crippen LogP contribution >= 0.6 is 0 Å². The molecule has 2 aliphatic rings. The number of piperidine rings is 1. The van der Waals surface area contributed by atoms with Gasteiger partial charge >= 0.3 is 12.1 Å². The molecule has 0 aliphatic carbocycles. The van der Waals surface area contributed by atoms with E-state index in [1.165, 1.54) is 17.0 Å². The van der Waals surface area contributed by atoms with E-state index < -0.39 is 57.9 Å². The Labute approximate surface area is 240 Å². The fourth-order valence-electron chi connectivity index (χ4n) is 5.49. The van der Waals surface area contributed by atoms with E-state index in [-0.39, 0.29) is 44.1 Å². The van der Waals surface area contributed by atoms with Crippen molar-refractivity contribution in [3.63, 3.8) is 0 Å². The van der Waals surface area contributed by atoms with Crippen LogP contribution in [0.25, 0.3) is 0 Å². The van der Waals surface area contributed by atoms with E-state index in [4.69, 9.17) is 0 Å². The topological polar surface area (TPSA) is 110 Å². The molecule has 2 heterocycles. The standard InChI is InChI=1S/C29H32F4N4O5/c1-27(2,3)22(34-23(38)20-15-18(29(31,32)33)7-10-21(20)30)24(39)36-13-11-28(12-14-36)26(42)35(4)16-37(28)19-8-5-17(6-9-19)25(40)41/h5-10,15,22H,11-14,16H2,1-4H3,(H,34,38)(H,40,41). The number of carboxylic acid groups (broad SMARTS) is 1. The first-order chi connectivity index (χ1) is 19.5. The molecule has 2 aromatic rings. The fourth-order valence-corrected chi connectivity index (χ4v) is 5.49. The molecule has 42 heavy (non-hydrogen) atoms. The van der Waals surface area contributed by atoms with E-state index in [9.17, 15) is 41.8 Å². The molecule has 1 spiro atoms. The van der Waals surface area contributed by atoms with Crippen LogP contribution in [0.4, 0.5) is 23.2 Å². The zero-order valence-corrected chi connectivity index (χ0v) is 23.6. The van der Waals surface area contributed by atoms with Gasteiger partial charge < -0.3 is 25.1 Å². The van der Waals surface area contributed by atoms with Crippen LogP contribution in [0.15, 0.2) is 42.5 Å². The third kappa shape index (κ3) is 5.77. The molecule has 0 bridgehead atoms. The molecular weight excluding hydrogens is 560 g/mol. The molecule has 13 heteroatoms. The Morgan fingerprint density at radius 3 is 2.12 bits per heavy atom. The van der Waals surface area contributed by atoms with Crippen LogP contribution in [-0.2, 0) is 15.8 Å². The monoisotopic (exact) mass is 592 g/mol. The van der Waals surface area contributed by atoms with Crippen LogP contribution in [0, 0.1) is 11.2 Å². The average molecular weight is 593 g/mol. The van der Waals surface area contributed by atoms with Crippen molar-refractivity contribution in [1.82, 2.24) is 15.1 Å². The van der Waals surface area contributed by atoms with E-state index in [0.717, 1.165) is 0 Å². The molecule has 0 aromatic heterocycles. The Balaban J connectivity index is 1.54. The van der Waals surface area contributed by atoms with Crippen LogP contribution in [0.2, 0.25) is 0 Å². The highest BCUT2D eigenvalue weighted by atomic mass is 19.4. The largest absolute Gasteiger partial charge is 0.478 e. The summed E-state index contributed by atoms with van der Waals surface area (Å²) in [6.45, 7) is 5.55. The molecule has 2 saturated heterocycles. The third-order valence-corrected chi connectivity index (χ3v) is 7.87. The van der Waals surface area contributed by atoms with Crippen LogP contribution in [0.5, 0.6) is 0 Å². The Kier molecular flexibility index (Phi) is 8.00. The molecule has 9 nitrogen and oxygen atoms in total. The van der Waals surface area contributed by atoms with Gasteiger partial charge in [-0.3, -0.25) is 14.4 Å². The number of alkyl halides is 3. The van der Waals surface area contributed by atoms with Gasteiger partial charge in [0, 0.05) is 25.8 Å². The van der Waals surface area contributed by atoms with Gasteiger partial charge in [0.1, 0.15) is 17.4 Å². The number of halogens is 4. The van der Waals surface area contributed by atoms with Crippen molar-refractivity contribution in [3.8, 4) is 0 Å². The third-order valence-electron chi connectivity index (χ3n) is 7.87. The van der Waals surface area contributed by atoms with Crippen LogP contribution in [0.1, 0.15) is 59.9 Å². The lowest BCUT2D eigenvalue weighted by atomic mass is 9.82. The molecule has 3 amide bonds. The predicted octanol–water partition coefficient (Wildman–Crippen LogP) is 3.98. The Hall–Kier alpha value is -4.16. The number of rotatable bonds is 5. The summed E-state index contributed by atoms with van der Waals surface area (Å²) >= 11 is 0. The van der Waals surface area contributed by atoms with E-state index >= 15 is 0 Å². The van der Waals surface area contributed by atoms with Gasteiger partial charge in [-0.25, -0.2) is 9.18 Å². The summed E-state index contributed by atoms with van der Waals surface area (Å²) in [5.74, 6) is -4.02. The number of hydrogen-bond donors (Lipinski definition) is 2. The number of amides is 3. The number of aromatic carboxylic acids is 1. The van der Waals surface area contributed by atoms with E-state index in [1.54, 1.807) is 44.9 Å². The van der Waals surface area contributed by atoms with Gasteiger partial charge in [-0.05, 0) is 60.7 Å². The molecule has 2 N–H and O–H groups in total. The van der Waals surface area contributed by atoms with Crippen molar-refractivity contribution < 1.29 is 41.8 Å². The number of carbonyl (C=O) groups excluding carboxylic acids is 3. The number of carbonyl (C=O) groups is 4. The summed E-state index contributed by atoms with van der Waals surface area (Å²) in [6, 6.07) is 6.49. The van der Waals surface area contributed by atoms with Crippen molar-refractivity contribution >= 4 is 29.4 Å². The van der Waals surface area contributed by atoms with Crippen molar-refractivity contribution in [1.29, 1.82) is 0 Å². The maximum absolute atomic E-state index is 14.4. The molecule has 2 aliphatic heterocycles. The molecule has 1 unspecified atom stereocenters. The smallest absolute Gasteiger partial charge is 0.416 e. The number of likely N-dealkylation sites (N-methyl/N-ethyl adjacent to an activating group) is 1. The lowest BCUT2D eigenvalue weighted by Crippen LogP contribution is -2.61. The lowest BCUT2D eigenvalue weighted by Gasteiger charge is -2.45. The minimum atomic E-state index is -4.79. The maximum atomic E-state index is 14.4. The molecular formula is C29H32F4N4O5. The van der Waals surface area contributed by atoms with Crippen molar-refractivity contribution in [2.75, 3.05) is 31.7 Å². The van der Waals surface area contributed by atoms with Crippen LogP contribution < -0.4 is 10.2 Å². The minimum absolute atomic E-state index is 0.104. The lowest BCUT2D eigenvalue weighted by molar-refractivity contribution is -0.140. The summed E-state index contributed by atoms with van der Waals surface area (Å²) in [4.78, 5) is 56.2. The van der Waals surface area contributed by atoms with Crippen LogP contribution in [-0.4, -0.2) is 77.0 Å². The average Bonchev–Trinajstić information content (AvgIpc) is 3.15. The molecule has 226 valence electrons. The Bertz CT molecular complexity index is 1400.